The summed E-state index contributed by atoms with van der Waals surface area (Å²) in [6.45, 7) is 8.47. The van der Waals surface area contributed by atoms with Crippen LogP contribution in [0.4, 0.5) is 0 Å². The third-order valence-corrected chi connectivity index (χ3v) is 6.06. The fourth-order valence-corrected chi connectivity index (χ4v) is 4.54. The Morgan fingerprint density at radius 3 is 1.48 bits per heavy atom. The Labute approximate surface area is 162 Å². The minimum absolute atomic E-state index is 0.796. The highest BCUT2D eigenvalue weighted by atomic mass is 32.9. The molecule has 0 amide bonds. The first-order valence-electron chi connectivity index (χ1n) is 8.87. The van der Waals surface area contributed by atoms with Gasteiger partial charge in [-0.25, -0.2) is 0 Å². The molecule has 0 aliphatic rings. The van der Waals surface area contributed by atoms with Crippen molar-refractivity contribution in [3.05, 3.63) is 58.7 Å². The van der Waals surface area contributed by atoms with Crippen LogP contribution < -0.4 is 9.05 Å². The molecule has 0 heterocycles. The van der Waals surface area contributed by atoms with Gasteiger partial charge in [-0.1, -0.05) is 64.2 Å². The molecule has 2 aromatic rings. The van der Waals surface area contributed by atoms with E-state index in [1.165, 1.54) is 11.1 Å². The average Bonchev–Trinajstić information content (AvgIpc) is 2.60. The first-order valence-corrected chi connectivity index (χ1v) is 12.7. The van der Waals surface area contributed by atoms with Crippen molar-refractivity contribution in [2.45, 2.75) is 53.4 Å². The van der Waals surface area contributed by atoms with E-state index in [1.54, 1.807) is 0 Å². The molecule has 0 aliphatic heterocycles. The maximum absolute atomic E-state index is 6.11. The smallest absolute Gasteiger partial charge is 0.345 e. The van der Waals surface area contributed by atoms with Crippen LogP contribution in [0.25, 0.3) is 0 Å². The Morgan fingerprint density at radius 1 is 0.760 bits per heavy atom. The highest BCUT2D eigenvalue weighted by Crippen LogP contribution is 2.54. The molecule has 0 unspecified atom stereocenters. The second-order valence-electron chi connectivity index (χ2n) is 5.95. The summed E-state index contributed by atoms with van der Waals surface area (Å²) in [5, 5.41) is 0. The Kier molecular flexibility index (Phi) is 7.42. The van der Waals surface area contributed by atoms with E-state index in [1.807, 2.05) is 0 Å². The molecule has 0 aliphatic carbocycles. The van der Waals surface area contributed by atoms with Crippen molar-refractivity contribution in [1.29, 1.82) is 0 Å². The Hall–Kier alpha value is -0.960. The molecule has 0 bridgehead atoms. The van der Waals surface area contributed by atoms with Gasteiger partial charge >= 0.3 is 5.69 Å². The minimum atomic E-state index is -2.75. The monoisotopic (exact) mass is 394 g/mol. The average molecular weight is 395 g/mol. The van der Waals surface area contributed by atoms with Gasteiger partial charge in [-0.3, -0.25) is 0 Å². The predicted octanol–water partition coefficient (Wildman–Crippen LogP) is 6.55. The van der Waals surface area contributed by atoms with Gasteiger partial charge in [0.05, 0.1) is 0 Å². The standard InChI is InChI=1S/C20H27O2PS2/c1-5-15-9-11-17(7-3)19(13-15)21-23(24,25)22-20-14-16(6-2)10-12-18(20)8-4/h9-14H,5-8H2,1-4H3,(H,24,25). The highest BCUT2D eigenvalue weighted by Gasteiger charge is 2.20. The van der Waals surface area contributed by atoms with Crippen molar-refractivity contribution in [1.82, 2.24) is 0 Å². The van der Waals surface area contributed by atoms with Crippen LogP contribution in [0.2, 0.25) is 0 Å². The van der Waals surface area contributed by atoms with Crippen molar-refractivity contribution >= 4 is 29.7 Å². The van der Waals surface area contributed by atoms with Gasteiger partial charge in [0.1, 0.15) is 11.5 Å². The molecule has 0 fully saturated rings. The maximum atomic E-state index is 6.11. The molecule has 5 heteroatoms. The maximum Gasteiger partial charge on any atom is 0.345 e. The molecule has 136 valence electrons. The van der Waals surface area contributed by atoms with Gasteiger partial charge in [0.25, 0.3) is 0 Å². The number of aryl methyl sites for hydroxylation is 4. The van der Waals surface area contributed by atoms with E-state index >= 15 is 0 Å². The van der Waals surface area contributed by atoms with Gasteiger partial charge in [-0.05, 0) is 71.9 Å². The fourth-order valence-electron chi connectivity index (χ4n) is 2.66. The Bertz CT molecular complexity index is 713. The van der Waals surface area contributed by atoms with Crippen LogP contribution >= 0.6 is 17.9 Å². The highest BCUT2D eigenvalue weighted by molar-refractivity contribution is 8.60. The van der Waals surface area contributed by atoms with Crippen molar-refractivity contribution < 1.29 is 9.05 Å². The summed E-state index contributed by atoms with van der Waals surface area (Å²) in [5.41, 5.74) is 1.94. The van der Waals surface area contributed by atoms with Crippen LogP contribution in [0.15, 0.2) is 36.4 Å². The molecular weight excluding hydrogens is 367 g/mol. The molecule has 0 spiro atoms. The van der Waals surface area contributed by atoms with E-state index in [0.29, 0.717) is 0 Å². The molecule has 2 nitrogen and oxygen atoms in total. The Balaban J connectivity index is 2.30. The second kappa shape index (κ2) is 9.12. The summed E-state index contributed by atoms with van der Waals surface area (Å²) in [6, 6.07) is 12.6. The molecule has 0 saturated carbocycles. The van der Waals surface area contributed by atoms with E-state index in [2.05, 4.69) is 76.3 Å². The molecule has 0 atom stereocenters. The Morgan fingerprint density at radius 2 is 1.16 bits per heavy atom. The quantitative estimate of drug-likeness (QED) is 0.405. The molecule has 25 heavy (non-hydrogen) atoms. The van der Waals surface area contributed by atoms with Gasteiger partial charge in [0.2, 0.25) is 0 Å². The molecular formula is C20H27O2PS2. The fraction of sp³-hybridized carbons (Fsp3) is 0.400. The molecule has 2 rings (SSSR count). The van der Waals surface area contributed by atoms with Crippen molar-refractivity contribution in [2.75, 3.05) is 0 Å². The van der Waals surface area contributed by atoms with E-state index in [-0.39, 0.29) is 0 Å². The van der Waals surface area contributed by atoms with Gasteiger partial charge in [0, 0.05) is 0 Å². The lowest BCUT2D eigenvalue weighted by atomic mass is 10.1. The summed E-state index contributed by atoms with van der Waals surface area (Å²) in [4.78, 5) is 0. The van der Waals surface area contributed by atoms with Crippen LogP contribution in [-0.2, 0) is 37.5 Å². The molecule has 2 aromatic carbocycles. The number of thiol groups is 1. The molecule has 0 saturated heterocycles. The molecule has 0 aromatic heterocycles. The van der Waals surface area contributed by atoms with Crippen molar-refractivity contribution in [3.8, 4) is 11.5 Å². The van der Waals surface area contributed by atoms with Gasteiger partial charge in [0.15, 0.2) is 0 Å². The summed E-state index contributed by atoms with van der Waals surface area (Å²) >= 11 is 10.2. The second-order valence-corrected chi connectivity index (χ2v) is 11.1. The van der Waals surface area contributed by atoms with E-state index < -0.39 is 5.69 Å². The lowest BCUT2D eigenvalue weighted by Crippen LogP contribution is -2.01. The number of hydrogen-bond acceptors (Lipinski definition) is 3. The van der Waals surface area contributed by atoms with E-state index in [4.69, 9.17) is 20.9 Å². The van der Waals surface area contributed by atoms with Crippen LogP contribution in [0, 0.1) is 0 Å². The normalized spacial score (nSPS) is 11.4. The summed E-state index contributed by atoms with van der Waals surface area (Å²) in [7, 11) is 0. The summed E-state index contributed by atoms with van der Waals surface area (Å²) in [5.74, 6) is 1.59. The third-order valence-electron chi connectivity index (χ3n) is 4.27. The van der Waals surface area contributed by atoms with E-state index in [0.717, 1.165) is 48.3 Å². The zero-order valence-electron chi connectivity index (χ0n) is 15.4. The van der Waals surface area contributed by atoms with E-state index in [9.17, 15) is 0 Å². The van der Waals surface area contributed by atoms with Crippen LogP contribution in [0.5, 0.6) is 11.5 Å². The van der Waals surface area contributed by atoms with Gasteiger partial charge < -0.3 is 9.05 Å². The minimum Gasteiger partial charge on any atom is -0.428 e. The SMILES string of the molecule is CCc1ccc(CC)c(OP(=S)(S)Oc2cc(CC)ccc2CC)c1. The molecule has 0 N–H and O–H groups in total. The van der Waals surface area contributed by atoms with Gasteiger partial charge in [-0.15, -0.1) is 0 Å². The number of rotatable bonds is 8. The third kappa shape index (κ3) is 5.51. The predicted molar refractivity (Wildman–Crippen MR) is 115 cm³/mol. The zero-order valence-corrected chi connectivity index (χ0v) is 18.0. The van der Waals surface area contributed by atoms with Crippen LogP contribution in [0.1, 0.15) is 49.9 Å². The number of benzene rings is 2. The summed E-state index contributed by atoms with van der Waals surface area (Å²) < 4.78 is 12.2. The first-order chi connectivity index (χ1) is 11.9. The van der Waals surface area contributed by atoms with Crippen molar-refractivity contribution in [2.24, 2.45) is 0 Å². The molecule has 0 radical (unpaired) electrons. The van der Waals surface area contributed by atoms with Crippen molar-refractivity contribution in [3.63, 3.8) is 0 Å². The summed E-state index contributed by atoms with van der Waals surface area (Å²) in [6.07, 6.45) is 3.67. The topological polar surface area (TPSA) is 18.5 Å². The van der Waals surface area contributed by atoms with Gasteiger partial charge in [-0.2, -0.15) is 0 Å². The largest absolute Gasteiger partial charge is 0.428 e. The lowest BCUT2D eigenvalue weighted by molar-refractivity contribution is 0.499. The first kappa shape index (κ1) is 20.4. The number of hydrogen-bond donors (Lipinski definition) is 1. The lowest BCUT2D eigenvalue weighted by Gasteiger charge is -2.22. The zero-order chi connectivity index (χ0) is 18.4. The van der Waals surface area contributed by atoms with Crippen LogP contribution in [0.3, 0.4) is 0 Å². The van der Waals surface area contributed by atoms with Crippen LogP contribution in [-0.4, -0.2) is 0 Å².